The number of fused-ring (bicyclic) bond motifs is 1. The van der Waals surface area contributed by atoms with Crippen LogP contribution in [0.3, 0.4) is 0 Å². The molecule has 9 heteroatoms. The van der Waals surface area contributed by atoms with Crippen molar-refractivity contribution in [1.29, 1.82) is 5.26 Å². The van der Waals surface area contributed by atoms with E-state index in [2.05, 4.69) is 4.98 Å². The Hall–Kier alpha value is -2.04. The zero-order chi connectivity index (χ0) is 16.3. The number of phosphoric acid groups is 1. The van der Waals surface area contributed by atoms with E-state index in [0.717, 1.165) is 18.5 Å². The Labute approximate surface area is 125 Å². The van der Waals surface area contributed by atoms with E-state index < -0.39 is 7.82 Å². The number of aromatic nitrogens is 2. The van der Waals surface area contributed by atoms with Crippen LogP contribution < -0.4 is 4.89 Å². The Morgan fingerprint density at radius 1 is 1.50 bits per heavy atom. The van der Waals surface area contributed by atoms with Crippen LogP contribution in [-0.2, 0) is 11.0 Å². The minimum atomic E-state index is -4.89. The number of rotatable bonds is 1. The number of hydrogen-bond acceptors (Lipinski definition) is 4. The van der Waals surface area contributed by atoms with E-state index in [0.29, 0.717) is 11.1 Å². The molecule has 0 radical (unpaired) electrons. The number of aryl methyl sites for hydroxylation is 1. The van der Waals surface area contributed by atoms with Crippen molar-refractivity contribution in [1.82, 2.24) is 9.55 Å². The average molecular weight is 324 g/mol. The number of imidazole rings is 1. The average Bonchev–Trinajstić information content (AvgIpc) is 2.99. The maximum absolute atomic E-state index is 13.9. The molecule has 2 N–H and O–H groups in total. The molecule has 22 heavy (non-hydrogen) atoms. The first-order valence-corrected chi connectivity index (χ1v) is 7.79. The lowest BCUT2D eigenvalue weighted by molar-refractivity contribution is -0.214. The van der Waals surface area contributed by atoms with Crippen molar-refractivity contribution < 1.29 is 23.6 Å². The number of halogens is 1. The highest BCUT2D eigenvalue weighted by molar-refractivity contribution is 7.43. The molecule has 116 valence electrons. The molecule has 3 rings (SSSR count). The second-order valence-corrected chi connectivity index (χ2v) is 5.67. The van der Waals surface area contributed by atoms with Crippen LogP contribution in [0.5, 0.6) is 0 Å². The van der Waals surface area contributed by atoms with Crippen molar-refractivity contribution in [3.63, 3.8) is 0 Å². The van der Waals surface area contributed by atoms with Crippen LogP contribution in [0, 0.1) is 17.1 Å². The first-order chi connectivity index (χ1) is 10.3. The second kappa shape index (κ2) is 6.38. The number of benzene rings is 1. The van der Waals surface area contributed by atoms with Gasteiger partial charge in [-0.25, -0.2) is 9.37 Å². The molecule has 1 aliphatic rings. The van der Waals surface area contributed by atoms with Gasteiger partial charge in [0, 0.05) is 17.5 Å². The molecule has 0 aliphatic carbocycles. The van der Waals surface area contributed by atoms with Gasteiger partial charge in [0.1, 0.15) is 5.82 Å². The zero-order valence-corrected chi connectivity index (χ0v) is 12.2. The summed E-state index contributed by atoms with van der Waals surface area (Å²) in [6.45, 7) is 0. The molecule has 7 nitrogen and oxygen atoms in total. The third-order valence-electron chi connectivity index (χ3n) is 3.24. The van der Waals surface area contributed by atoms with Crippen LogP contribution >= 0.6 is 7.82 Å². The third-order valence-corrected chi connectivity index (χ3v) is 3.24. The first-order valence-electron chi connectivity index (χ1n) is 6.26. The molecule has 1 atom stereocenters. The highest BCUT2D eigenvalue weighted by Crippen LogP contribution is 2.32. The summed E-state index contributed by atoms with van der Waals surface area (Å²) in [5.74, 6) is -0.310. The lowest BCUT2D eigenvalue weighted by Gasteiger charge is -2.14. The Kier molecular flexibility index (Phi) is 4.74. The highest BCUT2D eigenvalue weighted by atomic mass is 31.2. The molecule has 0 bridgehead atoms. The molecule has 0 amide bonds. The van der Waals surface area contributed by atoms with Gasteiger partial charge >= 0.3 is 0 Å². The van der Waals surface area contributed by atoms with Crippen molar-refractivity contribution in [2.75, 3.05) is 0 Å². The van der Waals surface area contributed by atoms with Crippen molar-refractivity contribution in [3.8, 4) is 6.07 Å². The number of nitrogens with zero attached hydrogens (tertiary/aromatic N) is 3. The predicted molar refractivity (Wildman–Crippen MR) is 71.8 cm³/mol. The monoisotopic (exact) mass is 324 g/mol. The van der Waals surface area contributed by atoms with Crippen molar-refractivity contribution in [2.45, 2.75) is 18.9 Å². The van der Waals surface area contributed by atoms with Crippen LogP contribution in [0.15, 0.2) is 30.7 Å². The lowest BCUT2D eigenvalue weighted by atomic mass is 10.0. The van der Waals surface area contributed by atoms with E-state index in [1.54, 1.807) is 18.5 Å². The fourth-order valence-electron chi connectivity index (χ4n) is 2.40. The van der Waals surface area contributed by atoms with Gasteiger partial charge in [0.15, 0.2) is 0 Å². The number of hydrogen-bond donors (Lipinski definition) is 2. The Morgan fingerprint density at radius 3 is 2.77 bits per heavy atom. The maximum atomic E-state index is 13.9. The van der Waals surface area contributed by atoms with Gasteiger partial charge in [-0.2, -0.15) is 5.26 Å². The summed E-state index contributed by atoms with van der Waals surface area (Å²) in [5.41, 5.74) is 2.13. The summed E-state index contributed by atoms with van der Waals surface area (Å²) >= 11 is 0. The molecule has 1 aliphatic heterocycles. The van der Waals surface area contributed by atoms with E-state index in [-0.39, 0.29) is 11.9 Å². The molecule has 0 spiro atoms. The van der Waals surface area contributed by atoms with Crippen LogP contribution in [0.2, 0.25) is 0 Å². The maximum Gasteiger partial charge on any atom is 0.262 e. The largest absolute Gasteiger partial charge is 0.756 e. The topological polar surface area (TPSA) is 122 Å². The van der Waals surface area contributed by atoms with Gasteiger partial charge in [-0.1, -0.05) is 6.07 Å². The summed E-state index contributed by atoms with van der Waals surface area (Å²) in [7, 11) is -4.89. The predicted octanol–water partition coefficient (Wildman–Crippen LogP) is 0.869. The fourth-order valence-corrected chi connectivity index (χ4v) is 2.40. The van der Waals surface area contributed by atoms with Crippen LogP contribution in [0.1, 0.15) is 29.3 Å². The molecule has 2 aromatic rings. The molecular weight excluding hydrogens is 312 g/mol. The van der Waals surface area contributed by atoms with Crippen molar-refractivity contribution in [3.05, 3.63) is 53.4 Å². The summed E-state index contributed by atoms with van der Waals surface area (Å²) in [4.78, 5) is 27.0. The molecule has 0 saturated heterocycles. The van der Waals surface area contributed by atoms with Crippen LogP contribution in [-0.4, -0.2) is 19.3 Å². The van der Waals surface area contributed by atoms with Gasteiger partial charge in [0.25, 0.3) is 7.82 Å². The lowest BCUT2D eigenvalue weighted by Crippen LogP contribution is -2.06. The highest BCUT2D eigenvalue weighted by Gasteiger charge is 2.25. The molecular formula is C13H12FN3O4P-. The molecule has 2 heterocycles. The normalized spacial score (nSPS) is 16.4. The van der Waals surface area contributed by atoms with Gasteiger partial charge in [0.05, 0.1) is 24.0 Å². The molecule has 0 saturated carbocycles. The standard InChI is InChI=1S/C13H10FN3.H3O4P/c14-12-5-9(6-15)1-3-11(12)13-4-2-10-7-16-8-17(10)13;1-5(2,3)4/h1,3,5,7-8,13H,2,4H2;(H3,1,2,3,4)/p-1/t13-;/m1./s1. The minimum Gasteiger partial charge on any atom is -0.756 e. The van der Waals surface area contributed by atoms with Crippen LogP contribution in [0.4, 0.5) is 4.39 Å². The van der Waals surface area contributed by atoms with E-state index in [4.69, 9.17) is 24.5 Å². The molecule has 0 fully saturated rings. The SMILES string of the molecule is N#Cc1ccc([C@H]2CCc3cncn32)c(F)c1.O=P([O-])(O)O. The Bertz CT molecular complexity index is 757. The summed E-state index contributed by atoms with van der Waals surface area (Å²) in [5, 5.41) is 8.71. The van der Waals surface area contributed by atoms with Crippen molar-refractivity contribution >= 4 is 7.82 Å². The van der Waals surface area contributed by atoms with Gasteiger partial charge in [-0.3, -0.25) is 4.57 Å². The van der Waals surface area contributed by atoms with E-state index in [1.165, 1.54) is 6.07 Å². The second-order valence-electron chi connectivity index (χ2n) is 4.69. The zero-order valence-electron chi connectivity index (χ0n) is 11.3. The first kappa shape index (κ1) is 16.3. The number of nitriles is 1. The smallest absolute Gasteiger partial charge is 0.262 e. The fraction of sp³-hybridized carbons (Fsp3) is 0.231. The molecule has 1 aromatic heterocycles. The van der Waals surface area contributed by atoms with E-state index in [1.807, 2.05) is 16.8 Å². The minimum absolute atomic E-state index is 0.0141. The third kappa shape index (κ3) is 4.00. The Balaban J connectivity index is 0.000000309. The summed E-state index contributed by atoms with van der Waals surface area (Å²) in [6, 6.07) is 6.61. The van der Waals surface area contributed by atoms with E-state index >= 15 is 0 Å². The Morgan fingerprint density at radius 2 is 2.18 bits per heavy atom. The van der Waals surface area contributed by atoms with Gasteiger partial charge in [-0.15, -0.1) is 0 Å². The van der Waals surface area contributed by atoms with Crippen molar-refractivity contribution in [2.24, 2.45) is 0 Å². The summed E-state index contributed by atoms with van der Waals surface area (Å²) < 4.78 is 24.7. The van der Waals surface area contributed by atoms with Gasteiger partial charge in [0.2, 0.25) is 0 Å². The summed E-state index contributed by atoms with van der Waals surface area (Å²) in [6.07, 6.45) is 5.37. The van der Waals surface area contributed by atoms with Crippen LogP contribution in [0.25, 0.3) is 0 Å². The quantitative estimate of drug-likeness (QED) is 0.750. The van der Waals surface area contributed by atoms with E-state index in [9.17, 15) is 4.39 Å². The molecule has 0 unspecified atom stereocenters. The molecule has 1 aromatic carbocycles. The van der Waals surface area contributed by atoms with Gasteiger partial charge in [-0.05, 0) is 25.0 Å². The van der Waals surface area contributed by atoms with Gasteiger partial charge < -0.3 is 19.2 Å².